The van der Waals surface area contributed by atoms with E-state index in [0.717, 1.165) is 23.8 Å². The Morgan fingerprint density at radius 2 is 1.79 bits per heavy atom. The van der Waals surface area contributed by atoms with Crippen molar-refractivity contribution in [3.8, 4) is 0 Å². The molecule has 4 rings (SSSR count). The van der Waals surface area contributed by atoms with E-state index in [2.05, 4.69) is 30.7 Å². The molecule has 0 radical (unpaired) electrons. The summed E-state index contributed by atoms with van der Waals surface area (Å²) in [5.74, 6) is 0.672. The van der Waals surface area contributed by atoms with Crippen LogP contribution in [0.2, 0.25) is 0 Å². The molecule has 2 fully saturated rings. The number of hydrogen-bond donors (Lipinski definition) is 2. The topological polar surface area (TPSA) is 117 Å². The first-order chi connectivity index (χ1) is 16.6. The zero-order valence-corrected chi connectivity index (χ0v) is 19.4. The van der Waals surface area contributed by atoms with Crippen LogP contribution in [-0.4, -0.2) is 40.9 Å². The summed E-state index contributed by atoms with van der Waals surface area (Å²) < 4.78 is 0. The van der Waals surface area contributed by atoms with E-state index in [1.54, 1.807) is 0 Å². The Hall–Kier alpha value is -3.20. The molecule has 180 valence electrons. The molecule has 34 heavy (non-hydrogen) atoms. The molecule has 9 nitrogen and oxygen atoms in total. The van der Waals surface area contributed by atoms with E-state index in [-0.39, 0.29) is 12.3 Å². The highest BCUT2D eigenvalue weighted by molar-refractivity contribution is 6.03. The summed E-state index contributed by atoms with van der Waals surface area (Å²) in [6.07, 6.45) is 10.3. The Labute approximate surface area is 199 Å². The molecule has 1 aromatic carbocycles. The normalized spacial score (nSPS) is 16.1. The number of carbonyl (C=O) groups is 2. The fourth-order valence-electron chi connectivity index (χ4n) is 4.40. The van der Waals surface area contributed by atoms with Gasteiger partial charge in [-0.3, -0.25) is 9.59 Å². The van der Waals surface area contributed by atoms with Crippen LogP contribution in [0.15, 0.2) is 41.8 Å². The van der Waals surface area contributed by atoms with Gasteiger partial charge in [-0.25, -0.2) is 9.97 Å². The second-order valence-electron chi connectivity index (χ2n) is 9.21. The second-order valence-corrected chi connectivity index (χ2v) is 9.21. The minimum atomic E-state index is -0.659. The smallest absolute Gasteiger partial charge is 0.287 e. The van der Waals surface area contributed by atoms with Gasteiger partial charge in [-0.05, 0) is 49.3 Å². The summed E-state index contributed by atoms with van der Waals surface area (Å²) in [7, 11) is 0. The molecule has 0 bridgehead atoms. The largest absolute Gasteiger partial charge is 0.353 e. The van der Waals surface area contributed by atoms with Crippen LogP contribution in [0.4, 0.5) is 11.5 Å². The van der Waals surface area contributed by atoms with Crippen LogP contribution in [0, 0.1) is 10.8 Å². The van der Waals surface area contributed by atoms with Crippen LogP contribution >= 0.6 is 0 Å². The predicted molar refractivity (Wildman–Crippen MR) is 130 cm³/mol. The van der Waals surface area contributed by atoms with Crippen LogP contribution in [0.1, 0.15) is 67.4 Å². The number of nitroso groups, excluding NO2 is 1. The number of nitrogens with one attached hydrogen (secondary N) is 2. The summed E-state index contributed by atoms with van der Waals surface area (Å²) >= 11 is 0. The van der Waals surface area contributed by atoms with Gasteiger partial charge < -0.3 is 15.5 Å². The third-order valence-electron chi connectivity index (χ3n) is 6.51. The quantitative estimate of drug-likeness (QED) is 0.381. The van der Waals surface area contributed by atoms with Gasteiger partial charge in [0.25, 0.3) is 11.8 Å². The minimum absolute atomic E-state index is 0.0807. The number of rotatable bonds is 11. The molecule has 9 heteroatoms. The highest BCUT2D eigenvalue weighted by Gasteiger charge is 2.30. The van der Waals surface area contributed by atoms with E-state index >= 15 is 0 Å². The first kappa shape index (κ1) is 23.9. The maximum absolute atomic E-state index is 12.9. The van der Waals surface area contributed by atoms with E-state index in [1.807, 2.05) is 30.3 Å². The van der Waals surface area contributed by atoms with Gasteiger partial charge in [-0.2, -0.15) is 0 Å². The molecule has 1 heterocycles. The van der Waals surface area contributed by atoms with Crippen molar-refractivity contribution in [3.63, 3.8) is 0 Å². The SMILES string of the molecule is O=NC(=O)CCNCc1ccc(NC(=O)c2cc(N(CC3CC3)C3CCCCC3)ncn2)cc1. The van der Waals surface area contributed by atoms with E-state index < -0.39 is 5.91 Å². The molecule has 0 aliphatic heterocycles. The Kier molecular flexibility index (Phi) is 8.30. The molecule has 2 aliphatic carbocycles. The van der Waals surface area contributed by atoms with Gasteiger partial charge in [-0.15, -0.1) is 4.91 Å². The van der Waals surface area contributed by atoms with Crippen LogP contribution in [0.25, 0.3) is 0 Å². The Bertz CT molecular complexity index is 986. The monoisotopic (exact) mass is 464 g/mol. The first-order valence-electron chi connectivity index (χ1n) is 12.2. The molecule has 2 amide bonds. The molecule has 2 N–H and O–H groups in total. The number of aromatic nitrogens is 2. The number of nitrogens with zero attached hydrogens (tertiary/aromatic N) is 4. The molecule has 0 saturated heterocycles. The average molecular weight is 465 g/mol. The summed E-state index contributed by atoms with van der Waals surface area (Å²) in [6.45, 7) is 1.95. The van der Waals surface area contributed by atoms with Crippen molar-refractivity contribution in [2.45, 2.75) is 64.0 Å². The maximum atomic E-state index is 12.9. The first-order valence-corrected chi connectivity index (χ1v) is 12.2. The lowest BCUT2D eigenvalue weighted by atomic mass is 9.94. The third kappa shape index (κ3) is 6.90. The lowest BCUT2D eigenvalue weighted by Gasteiger charge is -2.35. The lowest BCUT2D eigenvalue weighted by molar-refractivity contribution is -0.117. The minimum Gasteiger partial charge on any atom is -0.353 e. The van der Waals surface area contributed by atoms with E-state index in [0.29, 0.717) is 30.5 Å². The van der Waals surface area contributed by atoms with Gasteiger partial charge in [0.1, 0.15) is 17.8 Å². The number of amides is 2. The third-order valence-corrected chi connectivity index (χ3v) is 6.51. The Morgan fingerprint density at radius 1 is 1.03 bits per heavy atom. The van der Waals surface area contributed by atoms with Crippen LogP contribution in [-0.2, 0) is 11.3 Å². The Balaban J connectivity index is 1.35. The maximum Gasteiger partial charge on any atom is 0.287 e. The molecule has 0 atom stereocenters. The molecule has 2 aliphatic rings. The number of anilines is 2. The summed E-state index contributed by atoms with van der Waals surface area (Å²) in [5, 5.41) is 8.37. The number of benzene rings is 1. The molecule has 0 unspecified atom stereocenters. The molecular weight excluding hydrogens is 432 g/mol. The standard InChI is InChI=1S/C25H32N6O3/c32-24(30-34)12-13-26-15-18-8-10-20(11-9-18)29-25(33)22-14-23(28-17-27-22)31(16-19-6-7-19)21-4-2-1-3-5-21/h8-11,14,17,19,21,26H,1-7,12-13,15-16H2,(H,29,33). The van der Waals surface area contributed by atoms with Crippen molar-refractivity contribution < 1.29 is 9.59 Å². The van der Waals surface area contributed by atoms with Crippen molar-refractivity contribution in [2.75, 3.05) is 23.3 Å². The molecule has 2 aromatic rings. The zero-order valence-electron chi connectivity index (χ0n) is 19.4. The molecule has 0 spiro atoms. The van der Waals surface area contributed by atoms with E-state index in [9.17, 15) is 14.5 Å². The van der Waals surface area contributed by atoms with Crippen molar-refractivity contribution in [3.05, 3.63) is 52.8 Å². The highest BCUT2D eigenvalue weighted by Crippen LogP contribution is 2.34. The van der Waals surface area contributed by atoms with Crippen molar-refractivity contribution >= 4 is 23.3 Å². The molecular formula is C25H32N6O3. The fraction of sp³-hybridized carbons (Fsp3) is 0.520. The summed E-state index contributed by atoms with van der Waals surface area (Å²) in [5.41, 5.74) is 2.04. The van der Waals surface area contributed by atoms with Gasteiger partial charge in [0.05, 0.1) is 0 Å². The van der Waals surface area contributed by atoms with Crippen molar-refractivity contribution in [1.82, 2.24) is 15.3 Å². The van der Waals surface area contributed by atoms with Crippen LogP contribution in [0.5, 0.6) is 0 Å². The van der Waals surface area contributed by atoms with Gasteiger partial charge in [-0.1, -0.05) is 31.4 Å². The van der Waals surface area contributed by atoms with E-state index in [4.69, 9.17) is 0 Å². The van der Waals surface area contributed by atoms with Gasteiger partial charge in [0, 0.05) is 49.0 Å². The van der Waals surface area contributed by atoms with Crippen LogP contribution < -0.4 is 15.5 Å². The fourth-order valence-corrected chi connectivity index (χ4v) is 4.40. The molecule has 2 saturated carbocycles. The van der Waals surface area contributed by atoms with Gasteiger partial charge in [0.2, 0.25) is 0 Å². The highest BCUT2D eigenvalue weighted by atomic mass is 16.3. The van der Waals surface area contributed by atoms with Gasteiger partial charge >= 0.3 is 0 Å². The summed E-state index contributed by atoms with van der Waals surface area (Å²) in [6, 6.07) is 9.77. The average Bonchev–Trinajstić information content (AvgIpc) is 3.71. The van der Waals surface area contributed by atoms with Gasteiger partial charge in [0.15, 0.2) is 0 Å². The van der Waals surface area contributed by atoms with Crippen molar-refractivity contribution in [2.24, 2.45) is 11.1 Å². The number of carbonyl (C=O) groups excluding carboxylic acids is 2. The summed E-state index contributed by atoms with van der Waals surface area (Å²) in [4.78, 5) is 45.1. The van der Waals surface area contributed by atoms with E-state index in [1.165, 1.54) is 51.3 Å². The van der Waals surface area contributed by atoms with Crippen LogP contribution in [0.3, 0.4) is 0 Å². The number of hydrogen-bond acceptors (Lipinski definition) is 7. The molecule has 1 aromatic heterocycles. The van der Waals surface area contributed by atoms with Crippen molar-refractivity contribution in [1.29, 1.82) is 0 Å². The lowest BCUT2D eigenvalue weighted by Crippen LogP contribution is -2.39. The Morgan fingerprint density at radius 3 is 2.50 bits per heavy atom. The predicted octanol–water partition coefficient (Wildman–Crippen LogP) is 4.05. The second kappa shape index (κ2) is 11.8. The zero-order chi connectivity index (χ0) is 23.8.